The van der Waals surface area contributed by atoms with Crippen LogP contribution >= 0.6 is 11.3 Å². The summed E-state index contributed by atoms with van der Waals surface area (Å²) in [4.78, 5) is 18.6. The van der Waals surface area contributed by atoms with Crippen molar-refractivity contribution in [3.05, 3.63) is 40.7 Å². The first-order chi connectivity index (χ1) is 12.8. The number of nitrogens with one attached hydrogen (secondary N) is 1. The monoisotopic (exact) mass is 395 g/mol. The molecule has 2 amide bonds. The van der Waals surface area contributed by atoms with Crippen LogP contribution in [0.4, 0.5) is 13.6 Å². The van der Waals surface area contributed by atoms with Gasteiger partial charge in [0.05, 0.1) is 24.4 Å². The van der Waals surface area contributed by atoms with E-state index < -0.39 is 18.1 Å². The van der Waals surface area contributed by atoms with Crippen LogP contribution in [0.2, 0.25) is 0 Å². The molecule has 146 valence electrons. The smallest absolute Gasteiger partial charge is 0.318 e. The minimum atomic E-state index is -2.67. The van der Waals surface area contributed by atoms with E-state index in [1.807, 2.05) is 42.6 Å². The molecule has 0 spiro atoms. The summed E-state index contributed by atoms with van der Waals surface area (Å²) in [7, 11) is 0. The maximum atomic E-state index is 13.3. The molecule has 8 heteroatoms. The Balaban J connectivity index is 1.66. The summed E-state index contributed by atoms with van der Waals surface area (Å²) in [5, 5.41) is 5.57. The van der Waals surface area contributed by atoms with E-state index >= 15 is 0 Å². The average Bonchev–Trinajstić information content (AvgIpc) is 3.12. The molecule has 3 unspecified atom stereocenters. The Morgan fingerprint density at radius 3 is 2.78 bits per heavy atom. The predicted molar refractivity (Wildman–Crippen MR) is 101 cm³/mol. The second-order valence-corrected chi connectivity index (χ2v) is 7.92. The second-order valence-electron chi connectivity index (χ2n) is 7.03. The van der Waals surface area contributed by atoms with E-state index in [1.165, 1.54) is 23.2 Å². The quantitative estimate of drug-likeness (QED) is 0.839. The number of morpholine rings is 1. The van der Waals surface area contributed by atoms with Gasteiger partial charge in [0, 0.05) is 17.5 Å². The third-order valence-corrected chi connectivity index (χ3v) is 5.53. The summed E-state index contributed by atoms with van der Waals surface area (Å²) in [6, 6.07) is 9.07. The lowest BCUT2D eigenvalue weighted by Gasteiger charge is -2.43. The van der Waals surface area contributed by atoms with Gasteiger partial charge in [-0.25, -0.2) is 18.6 Å². The zero-order chi connectivity index (χ0) is 19.6. The Bertz CT molecular complexity index is 786. The fourth-order valence-corrected chi connectivity index (χ4v) is 3.96. The molecule has 1 aliphatic rings. The van der Waals surface area contributed by atoms with Crippen LogP contribution in [0.1, 0.15) is 31.8 Å². The molecule has 3 rings (SSSR count). The van der Waals surface area contributed by atoms with Gasteiger partial charge >= 0.3 is 6.03 Å². The van der Waals surface area contributed by atoms with Gasteiger partial charge in [-0.2, -0.15) is 0 Å². The lowest BCUT2D eigenvalue weighted by Crippen LogP contribution is -2.60. The van der Waals surface area contributed by atoms with Crippen LogP contribution < -0.4 is 5.32 Å². The Morgan fingerprint density at radius 1 is 1.41 bits per heavy atom. The highest BCUT2D eigenvalue weighted by atomic mass is 32.1. The van der Waals surface area contributed by atoms with Crippen LogP contribution in [-0.4, -0.2) is 47.1 Å². The molecule has 2 aromatic rings. The van der Waals surface area contributed by atoms with Crippen LogP contribution in [-0.2, 0) is 4.74 Å². The molecule has 0 bridgehead atoms. The summed E-state index contributed by atoms with van der Waals surface area (Å²) in [5.41, 5.74) is 0.204. The molecule has 1 aromatic carbocycles. The summed E-state index contributed by atoms with van der Waals surface area (Å²) in [6.45, 7) is 4.98. The summed E-state index contributed by atoms with van der Waals surface area (Å²) in [6.07, 6.45) is -3.12. The molecule has 5 nitrogen and oxygen atoms in total. The number of halogens is 2. The molecular formula is C19H23F2N3O2S. The Morgan fingerprint density at radius 2 is 2.11 bits per heavy atom. The van der Waals surface area contributed by atoms with Crippen molar-refractivity contribution in [2.45, 2.75) is 44.9 Å². The lowest BCUT2D eigenvalue weighted by atomic mass is 10.0. The van der Waals surface area contributed by atoms with E-state index in [0.717, 1.165) is 16.3 Å². The van der Waals surface area contributed by atoms with E-state index in [0.29, 0.717) is 0 Å². The molecule has 1 aromatic heterocycles. The number of benzene rings is 1. The van der Waals surface area contributed by atoms with E-state index in [-0.39, 0.29) is 25.2 Å². The first-order valence-electron chi connectivity index (χ1n) is 8.81. The van der Waals surface area contributed by atoms with Gasteiger partial charge in [0.25, 0.3) is 6.43 Å². The molecule has 1 N–H and O–H groups in total. The first kappa shape index (κ1) is 19.7. The zero-order valence-corrected chi connectivity index (χ0v) is 16.3. The van der Waals surface area contributed by atoms with Crippen LogP contribution in [0.15, 0.2) is 35.7 Å². The van der Waals surface area contributed by atoms with E-state index in [1.54, 1.807) is 6.92 Å². The van der Waals surface area contributed by atoms with Crippen LogP contribution in [0, 0.1) is 0 Å². The average molecular weight is 395 g/mol. The van der Waals surface area contributed by atoms with Crippen molar-refractivity contribution in [2.24, 2.45) is 0 Å². The van der Waals surface area contributed by atoms with Crippen molar-refractivity contribution >= 4 is 17.4 Å². The summed E-state index contributed by atoms with van der Waals surface area (Å²) < 4.78 is 32.0. The number of ether oxygens (including phenoxy) is 1. The molecule has 1 fully saturated rings. The van der Waals surface area contributed by atoms with Gasteiger partial charge in [0.2, 0.25) is 0 Å². The van der Waals surface area contributed by atoms with Crippen LogP contribution in [0.25, 0.3) is 11.3 Å². The van der Waals surface area contributed by atoms with Crippen molar-refractivity contribution in [2.75, 3.05) is 13.1 Å². The fraction of sp³-hybridized carbons (Fsp3) is 0.474. The third-order valence-electron chi connectivity index (χ3n) is 4.50. The summed E-state index contributed by atoms with van der Waals surface area (Å²) >= 11 is 1.46. The maximum Gasteiger partial charge on any atom is 0.318 e. The van der Waals surface area contributed by atoms with Gasteiger partial charge in [0.15, 0.2) is 0 Å². The molecule has 0 saturated carbocycles. The number of hydrogen-bond acceptors (Lipinski definition) is 4. The summed E-state index contributed by atoms with van der Waals surface area (Å²) in [5.74, 6) is 0. The van der Waals surface area contributed by atoms with Crippen LogP contribution in [0.5, 0.6) is 0 Å². The number of rotatable bonds is 4. The number of carbonyl (C=O) groups is 1. The van der Waals surface area contributed by atoms with Gasteiger partial charge in [0.1, 0.15) is 10.6 Å². The van der Waals surface area contributed by atoms with Gasteiger partial charge in [-0.05, 0) is 20.8 Å². The van der Waals surface area contributed by atoms with Gasteiger partial charge < -0.3 is 15.0 Å². The Kier molecular flexibility index (Phi) is 5.76. The number of hydrogen-bond donors (Lipinski definition) is 1. The van der Waals surface area contributed by atoms with Crippen molar-refractivity contribution in [1.29, 1.82) is 0 Å². The largest absolute Gasteiger partial charge is 0.363 e. The van der Waals surface area contributed by atoms with Gasteiger partial charge in [-0.3, -0.25) is 0 Å². The number of carbonyl (C=O) groups excluding carboxylic acids is 1. The van der Waals surface area contributed by atoms with E-state index in [9.17, 15) is 13.6 Å². The number of urea groups is 1. The SMILES string of the molecule is CC1CN(C(=O)NC(C)c2nc(-c3ccccc3)cs2)CC(C)(C(F)F)O1. The maximum absolute atomic E-state index is 13.3. The molecule has 27 heavy (non-hydrogen) atoms. The number of alkyl halides is 2. The van der Waals surface area contributed by atoms with Crippen molar-refractivity contribution in [3.8, 4) is 11.3 Å². The highest BCUT2D eigenvalue weighted by Crippen LogP contribution is 2.29. The van der Waals surface area contributed by atoms with Crippen LogP contribution in [0.3, 0.4) is 0 Å². The Labute approximate surface area is 161 Å². The predicted octanol–water partition coefficient (Wildman–Crippen LogP) is 4.33. The molecule has 3 atom stereocenters. The Hall–Kier alpha value is -2.06. The minimum absolute atomic E-state index is 0.152. The first-order valence-corrected chi connectivity index (χ1v) is 9.69. The third kappa shape index (κ3) is 4.44. The number of amides is 2. The van der Waals surface area contributed by atoms with Gasteiger partial charge in [-0.15, -0.1) is 11.3 Å². The van der Waals surface area contributed by atoms with Crippen molar-refractivity contribution in [3.63, 3.8) is 0 Å². The highest BCUT2D eigenvalue weighted by Gasteiger charge is 2.44. The standard InChI is InChI=1S/C19H23F2N3O2S/c1-12-9-24(11-19(3,26-12)17(20)21)18(25)22-13(2)16-23-15(10-27-16)14-7-5-4-6-8-14/h4-8,10,12-13,17H,9,11H2,1-3H3,(H,22,25). The number of thiazole rings is 1. The minimum Gasteiger partial charge on any atom is -0.363 e. The number of aromatic nitrogens is 1. The second kappa shape index (κ2) is 7.90. The normalized spacial score (nSPS) is 24.1. The topological polar surface area (TPSA) is 54.5 Å². The van der Waals surface area contributed by atoms with Crippen molar-refractivity contribution in [1.82, 2.24) is 15.2 Å². The molecule has 0 radical (unpaired) electrons. The molecular weight excluding hydrogens is 372 g/mol. The van der Waals surface area contributed by atoms with Crippen molar-refractivity contribution < 1.29 is 18.3 Å². The molecule has 1 saturated heterocycles. The van der Waals surface area contributed by atoms with Gasteiger partial charge in [-0.1, -0.05) is 30.3 Å². The van der Waals surface area contributed by atoms with E-state index in [4.69, 9.17) is 4.74 Å². The molecule has 0 aliphatic carbocycles. The molecule has 2 heterocycles. The lowest BCUT2D eigenvalue weighted by molar-refractivity contribution is -0.190. The highest BCUT2D eigenvalue weighted by molar-refractivity contribution is 7.10. The van der Waals surface area contributed by atoms with E-state index in [2.05, 4.69) is 10.3 Å². The molecule has 1 aliphatic heterocycles. The fourth-order valence-electron chi connectivity index (χ4n) is 3.13. The zero-order valence-electron chi connectivity index (χ0n) is 15.5. The number of nitrogens with zero attached hydrogens (tertiary/aromatic N) is 2.